The lowest BCUT2D eigenvalue weighted by Gasteiger charge is -2.27. The Hall–Kier alpha value is -1.01. The summed E-state index contributed by atoms with van der Waals surface area (Å²) in [4.78, 5) is 26.5. The molecule has 0 bridgehead atoms. The fourth-order valence-electron chi connectivity index (χ4n) is 2.72. The Kier molecular flexibility index (Phi) is 8.00. The van der Waals surface area contributed by atoms with Gasteiger partial charge in [-0.15, -0.1) is 12.4 Å². The number of amides is 2. The highest BCUT2D eigenvalue weighted by molar-refractivity contribution is 6.42. The molecule has 25 heavy (non-hydrogen) atoms. The number of hydrogen-bond donors (Lipinski definition) is 2. The molecule has 1 fully saturated rings. The Bertz CT molecular complexity index is 636. The van der Waals surface area contributed by atoms with E-state index in [1.54, 1.807) is 23.1 Å². The summed E-state index contributed by atoms with van der Waals surface area (Å²) in [6.45, 7) is 4.82. The summed E-state index contributed by atoms with van der Waals surface area (Å²) >= 11 is 11.9. The highest BCUT2D eigenvalue weighted by Crippen LogP contribution is 2.31. The van der Waals surface area contributed by atoms with Crippen molar-refractivity contribution in [3.63, 3.8) is 0 Å². The van der Waals surface area contributed by atoms with Crippen LogP contribution in [-0.4, -0.2) is 30.4 Å². The number of rotatable bonds is 6. The molecular formula is C17H24Cl3N3O2. The van der Waals surface area contributed by atoms with E-state index in [1.165, 1.54) is 0 Å². The lowest BCUT2D eigenvalue weighted by Crippen LogP contribution is -2.51. The summed E-state index contributed by atoms with van der Waals surface area (Å²) in [5.41, 5.74) is 6.41. The maximum Gasteiger partial charge on any atom is 0.239 e. The highest BCUT2D eigenvalue weighted by Gasteiger charge is 2.38. The first-order valence-electron chi connectivity index (χ1n) is 8.14. The zero-order valence-electron chi connectivity index (χ0n) is 14.4. The summed E-state index contributed by atoms with van der Waals surface area (Å²) in [6, 6.07) is 5.01. The standard InChI is InChI=1S/C17H23Cl2N3O2.ClH/c1-3-17(20,4-2)10-21-15(23)12-7-8-22(16(12)24)11-5-6-13(18)14(19)9-11;/h5-6,9,12H,3-4,7-8,10,20H2,1-2H3,(H,21,23);1H. The van der Waals surface area contributed by atoms with E-state index < -0.39 is 11.5 Å². The van der Waals surface area contributed by atoms with Gasteiger partial charge in [-0.05, 0) is 37.5 Å². The molecule has 1 atom stereocenters. The normalized spacial score (nSPS) is 17.4. The zero-order valence-corrected chi connectivity index (χ0v) is 16.7. The van der Waals surface area contributed by atoms with Gasteiger partial charge in [-0.1, -0.05) is 37.0 Å². The van der Waals surface area contributed by atoms with Gasteiger partial charge in [0.05, 0.1) is 10.0 Å². The van der Waals surface area contributed by atoms with Crippen LogP contribution in [0.5, 0.6) is 0 Å². The molecule has 1 aliphatic heterocycles. The van der Waals surface area contributed by atoms with E-state index in [0.717, 1.165) is 12.8 Å². The van der Waals surface area contributed by atoms with Crippen molar-refractivity contribution in [3.05, 3.63) is 28.2 Å². The van der Waals surface area contributed by atoms with Crippen LogP contribution in [-0.2, 0) is 9.59 Å². The summed E-state index contributed by atoms with van der Waals surface area (Å²) in [6.07, 6.45) is 2.00. The van der Waals surface area contributed by atoms with E-state index in [1.807, 2.05) is 13.8 Å². The Balaban J connectivity index is 0.00000312. The number of nitrogens with two attached hydrogens (primary N) is 1. The highest BCUT2D eigenvalue weighted by atomic mass is 35.5. The SMILES string of the molecule is CCC(N)(CC)CNC(=O)C1CCN(c2ccc(Cl)c(Cl)c2)C1=O.Cl. The Labute approximate surface area is 164 Å². The molecule has 0 saturated carbocycles. The van der Waals surface area contributed by atoms with Crippen LogP contribution in [0, 0.1) is 5.92 Å². The third kappa shape index (κ3) is 5.00. The molecule has 0 aromatic heterocycles. The van der Waals surface area contributed by atoms with Crippen molar-refractivity contribution < 1.29 is 9.59 Å². The average molecular weight is 409 g/mol. The Morgan fingerprint density at radius 1 is 1.32 bits per heavy atom. The minimum atomic E-state index is -0.683. The second-order valence-electron chi connectivity index (χ2n) is 6.22. The van der Waals surface area contributed by atoms with E-state index in [4.69, 9.17) is 28.9 Å². The van der Waals surface area contributed by atoms with Crippen molar-refractivity contribution in [1.29, 1.82) is 0 Å². The van der Waals surface area contributed by atoms with Crippen molar-refractivity contribution in [2.75, 3.05) is 18.0 Å². The van der Waals surface area contributed by atoms with Crippen molar-refractivity contribution in [2.45, 2.75) is 38.6 Å². The third-order valence-corrected chi connectivity index (χ3v) is 5.50. The fraction of sp³-hybridized carbons (Fsp3) is 0.529. The molecule has 1 saturated heterocycles. The molecule has 0 radical (unpaired) electrons. The fourth-order valence-corrected chi connectivity index (χ4v) is 3.01. The van der Waals surface area contributed by atoms with Crippen LogP contribution in [0.4, 0.5) is 5.69 Å². The van der Waals surface area contributed by atoms with Gasteiger partial charge >= 0.3 is 0 Å². The summed E-state index contributed by atoms with van der Waals surface area (Å²) in [7, 11) is 0. The second kappa shape index (κ2) is 9.08. The molecule has 0 aliphatic carbocycles. The number of anilines is 1. The van der Waals surface area contributed by atoms with Crippen molar-refractivity contribution in [3.8, 4) is 0 Å². The molecule has 1 heterocycles. The van der Waals surface area contributed by atoms with Gasteiger partial charge in [0.2, 0.25) is 11.8 Å². The Morgan fingerprint density at radius 3 is 2.52 bits per heavy atom. The van der Waals surface area contributed by atoms with Gasteiger partial charge in [0, 0.05) is 24.3 Å². The molecule has 1 aromatic rings. The van der Waals surface area contributed by atoms with Crippen molar-refractivity contribution in [1.82, 2.24) is 5.32 Å². The first-order valence-corrected chi connectivity index (χ1v) is 8.90. The smallest absolute Gasteiger partial charge is 0.239 e. The number of carbonyl (C=O) groups excluding carboxylic acids is 2. The number of carbonyl (C=O) groups is 2. The van der Waals surface area contributed by atoms with Gasteiger partial charge in [0.25, 0.3) is 0 Å². The van der Waals surface area contributed by atoms with Gasteiger partial charge in [-0.2, -0.15) is 0 Å². The quantitative estimate of drug-likeness (QED) is 0.708. The van der Waals surface area contributed by atoms with E-state index in [-0.39, 0.29) is 24.2 Å². The predicted octanol–water partition coefficient (Wildman–Crippen LogP) is 3.40. The molecular weight excluding hydrogens is 385 g/mol. The molecule has 3 N–H and O–H groups in total. The van der Waals surface area contributed by atoms with Crippen molar-refractivity contribution in [2.24, 2.45) is 11.7 Å². The van der Waals surface area contributed by atoms with Crippen LogP contribution in [0.1, 0.15) is 33.1 Å². The first kappa shape index (κ1) is 22.0. The molecule has 2 rings (SSSR count). The van der Waals surface area contributed by atoms with Crippen LogP contribution < -0.4 is 16.0 Å². The van der Waals surface area contributed by atoms with Crippen LogP contribution >= 0.6 is 35.6 Å². The average Bonchev–Trinajstić information content (AvgIpc) is 2.96. The maximum atomic E-state index is 12.6. The van der Waals surface area contributed by atoms with E-state index in [9.17, 15) is 9.59 Å². The molecule has 0 spiro atoms. The van der Waals surface area contributed by atoms with E-state index in [0.29, 0.717) is 35.2 Å². The van der Waals surface area contributed by atoms with Crippen LogP contribution in [0.3, 0.4) is 0 Å². The summed E-state index contributed by atoms with van der Waals surface area (Å²) in [5, 5.41) is 3.64. The molecule has 1 aromatic carbocycles. The van der Waals surface area contributed by atoms with Gasteiger partial charge in [0.1, 0.15) is 5.92 Å². The molecule has 1 aliphatic rings. The van der Waals surface area contributed by atoms with E-state index in [2.05, 4.69) is 5.32 Å². The minimum Gasteiger partial charge on any atom is -0.354 e. The van der Waals surface area contributed by atoms with Gasteiger partial charge in [-0.25, -0.2) is 0 Å². The second-order valence-corrected chi connectivity index (χ2v) is 7.03. The monoisotopic (exact) mass is 407 g/mol. The molecule has 140 valence electrons. The largest absolute Gasteiger partial charge is 0.354 e. The molecule has 1 unspecified atom stereocenters. The number of benzene rings is 1. The Morgan fingerprint density at radius 2 is 1.96 bits per heavy atom. The van der Waals surface area contributed by atoms with Gasteiger partial charge in [-0.3, -0.25) is 9.59 Å². The van der Waals surface area contributed by atoms with Gasteiger partial charge < -0.3 is 16.0 Å². The summed E-state index contributed by atoms with van der Waals surface area (Å²) < 4.78 is 0. The summed E-state index contributed by atoms with van der Waals surface area (Å²) in [5.74, 6) is -1.17. The lowest BCUT2D eigenvalue weighted by molar-refractivity contribution is -0.132. The molecule has 8 heteroatoms. The number of nitrogens with one attached hydrogen (secondary N) is 1. The lowest BCUT2D eigenvalue weighted by atomic mass is 9.94. The topological polar surface area (TPSA) is 75.4 Å². The van der Waals surface area contributed by atoms with Crippen LogP contribution in [0.25, 0.3) is 0 Å². The number of hydrogen-bond acceptors (Lipinski definition) is 3. The zero-order chi connectivity index (χ0) is 17.9. The molecule has 5 nitrogen and oxygen atoms in total. The third-order valence-electron chi connectivity index (χ3n) is 4.76. The van der Waals surface area contributed by atoms with Crippen molar-refractivity contribution >= 4 is 53.1 Å². The van der Waals surface area contributed by atoms with E-state index >= 15 is 0 Å². The predicted molar refractivity (Wildman–Crippen MR) is 105 cm³/mol. The van der Waals surface area contributed by atoms with Crippen LogP contribution in [0.15, 0.2) is 18.2 Å². The number of nitrogens with zero attached hydrogens (tertiary/aromatic N) is 1. The minimum absolute atomic E-state index is 0. The first-order chi connectivity index (χ1) is 11.3. The molecule has 2 amide bonds. The van der Waals surface area contributed by atoms with Crippen LogP contribution in [0.2, 0.25) is 10.0 Å². The van der Waals surface area contributed by atoms with Gasteiger partial charge in [0.15, 0.2) is 0 Å². The number of halogens is 3. The maximum absolute atomic E-state index is 12.6.